The summed E-state index contributed by atoms with van der Waals surface area (Å²) in [6, 6.07) is 6.51. The maximum Gasteiger partial charge on any atom is 0.314 e. The Morgan fingerprint density at radius 3 is 2.39 bits per heavy atom. The number of Topliss-reactive ketones (excluding diaryl/α,β-unsaturated/α-hetero) is 2. The number of ketones is 2. The van der Waals surface area contributed by atoms with Gasteiger partial charge in [0.25, 0.3) is 0 Å². The Morgan fingerprint density at radius 2 is 1.89 bits per heavy atom. The highest BCUT2D eigenvalue weighted by atomic mass is 16.5. The van der Waals surface area contributed by atoms with Gasteiger partial charge >= 0.3 is 5.97 Å². The molecule has 5 nitrogen and oxygen atoms in total. The number of hydrogen-bond donors (Lipinski definition) is 1. The van der Waals surface area contributed by atoms with E-state index in [1.807, 2.05) is 0 Å². The monoisotopic (exact) mass is 250 g/mol. The third-order valence-electron chi connectivity index (χ3n) is 2.59. The molecule has 1 unspecified atom stereocenters. The number of methoxy groups -OCH3 is 1. The predicted octanol–water partition coefficient (Wildman–Crippen LogP) is 1.56. The molecule has 0 aromatic heterocycles. The van der Waals surface area contributed by atoms with Crippen molar-refractivity contribution in [3.8, 4) is 5.75 Å². The highest BCUT2D eigenvalue weighted by molar-refractivity contribution is 6.06. The van der Waals surface area contributed by atoms with Crippen LogP contribution in [0.25, 0.3) is 0 Å². The topological polar surface area (TPSA) is 80.7 Å². The number of aliphatic carboxylic acids is 1. The normalized spacial score (nSPS) is 11.7. The molecule has 96 valence electrons. The number of para-hydroxylation sites is 1. The summed E-state index contributed by atoms with van der Waals surface area (Å²) in [5.74, 6) is -3.18. The van der Waals surface area contributed by atoms with E-state index in [-0.39, 0.29) is 12.0 Å². The van der Waals surface area contributed by atoms with E-state index in [1.165, 1.54) is 7.11 Å². The lowest BCUT2D eigenvalue weighted by atomic mass is 9.95. The largest absolute Gasteiger partial charge is 0.496 e. The number of carboxylic acids is 1. The van der Waals surface area contributed by atoms with Crippen molar-refractivity contribution in [1.29, 1.82) is 0 Å². The van der Waals surface area contributed by atoms with Gasteiger partial charge in [-0.3, -0.25) is 14.4 Å². The zero-order valence-electron chi connectivity index (χ0n) is 10.2. The van der Waals surface area contributed by atoms with Crippen LogP contribution in [0.15, 0.2) is 24.3 Å². The molecule has 0 saturated carbocycles. The molecule has 5 heteroatoms. The molecular formula is C13H14O5. The molecule has 1 aromatic rings. The fourth-order valence-corrected chi connectivity index (χ4v) is 1.58. The molecule has 1 rings (SSSR count). The zero-order valence-corrected chi connectivity index (χ0v) is 10.2. The SMILES string of the molecule is COc1ccccc1C(=O)CC(C(C)=O)C(=O)O. The van der Waals surface area contributed by atoms with Crippen LogP contribution in [0.4, 0.5) is 0 Å². The van der Waals surface area contributed by atoms with E-state index >= 15 is 0 Å². The van der Waals surface area contributed by atoms with Crippen molar-refractivity contribution in [1.82, 2.24) is 0 Å². The summed E-state index contributed by atoms with van der Waals surface area (Å²) < 4.78 is 5.02. The van der Waals surface area contributed by atoms with Crippen LogP contribution >= 0.6 is 0 Å². The van der Waals surface area contributed by atoms with Crippen LogP contribution in [-0.4, -0.2) is 29.8 Å². The van der Waals surface area contributed by atoms with Crippen LogP contribution in [-0.2, 0) is 9.59 Å². The summed E-state index contributed by atoms with van der Waals surface area (Å²) >= 11 is 0. The number of rotatable bonds is 6. The molecule has 0 bridgehead atoms. The van der Waals surface area contributed by atoms with E-state index in [9.17, 15) is 14.4 Å². The van der Waals surface area contributed by atoms with Gasteiger partial charge in [0.2, 0.25) is 0 Å². The third kappa shape index (κ3) is 3.16. The van der Waals surface area contributed by atoms with Crippen LogP contribution in [0.3, 0.4) is 0 Å². The van der Waals surface area contributed by atoms with Crippen LogP contribution in [0.2, 0.25) is 0 Å². The van der Waals surface area contributed by atoms with E-state index in [0.717, 1.165) is 6.92 Å². The Kier molecular flexibility index (Phi) is 4.59. The smallest absolute Gasteiger partial charge is 0.314 e. The highest BCUT2D eigenvalue weighted by Crippen LogP contribution is 2.21. The first-order chi connectivity index (χ1) is 8.47. The van der Waals surface area contributed by atoms with Crippen LogP contribution in [0, 0.1) is 5.92 Å². The third-order valence-corrected chi connectivity index (χ3v) is 2.59. The van der Waals surface area contributed by atoms with Gasteiger partial charge < -0.3 is 9.84 Å². The number of carbonyl (C=O) groups excluding carboxylic acids is 2. The average molecular weight is 250 g/mol. The van der Waals surface area contributed by atoms with Crippen molar-refractivity contribution in [3.05, 3.63) is 29.8 Å². The Hall–Kier alpha value is -2.17. The molecule has 0 aliphatic heterocycles. The van der Waals surface area contributed by atoms with Crippen LogP contribution in [0.5, 0.6) is 5.75 Å². The van der Waals surface area contributed by atoms with Gasteiger partial charge in [-0.2, -0.15) is 0 Å². The van der Waals surface area contributed by atoms with Gasteiger partial charge in [-0.1, -0.05) is 12.1 Å². The molecule has 0 fully saturated rings. The Bertz CT molecular complexity index is 464. The van der Waals surface area contributed by atoms with E-state index in [0.29, 0.717) is 5.75 Å². The van der Waals surface area contributed by atoms with Gasteiger partial charge in [0.05, 0.1) is 12.7 Å². The van der Waals surface area contributed by atoms with Crippen molar-refractivity contribution >= 4 is 17.5 Å². The first-order valence-corrected chi connectivity index (χ1v) is 5.36. The molecule has 0 aliphatic carbocycles. The molecule has 0 heterocycles. The minimum absolute atomic E-state index is 0.285. The Balaban J connectivity index is 2.94. The van der Waals surface area contributed by atoms with Crippen molar-refractivity contribution in [3.63, 3.8) is 0 Å². The molecule has 1 atom stereocenters. The first kappa shape index (κ1) is 13.9. The lowest BCUT2D eigenvalue weighted by molar-refractivity contribution is -0.145. The fraction of sp³-hybridized carbons (Fsp3) is 0.308. The molecule has 0 radical (unpaired) electrons. The van der Waals surface area contributed by atoms with Gasteiger partial charge in [0, 0.05) is 6.42 Å². The van der Waals surface area contributed by atoms with Crippen molar-refractivity contribution in [2.75, 3.05) is 7.11 Å². The minimum Gasteiger partial charge on any atom is -0.496 e. The fourth-order valence-electron chi connectivity index (χ4n) is 1.58. The highest BCUT2D eigenvalue weighted by Gasteiger charge is 2.27. The second kappa shape index (κ2) is 5.95. The molecular weight excluding hydrogens is 236 g/mol. The second-order valence-corrected chi connectivity index (χ2v) is 3.83. The van der Waals surface area contributed by atoms with Crippen molar-refractivity contribution in [2.45, 2.75) is 13.3 Å². The van der Waals surface area contributed by atoms with Gasteiger partial charge in [0.15, 0.2) is 5.78 Å². The number of benzene rings is 1. The van der Waals surface area contributed by atoms with Crippen LogP contribution in [0.1, 0.15) is 23.7 Å². The summed E-state index contributed by atoms with van der Waals surface area (Å²) in [5, 5.41) is 8.86. The predicted molar refractivity (Wildman–Crippen MR) is 63.7 cm³/mol. The quantitative estimate of drug-likeness (QED) is 0.612. The molecule has 1 aromatic carbocycles. The minimum atomic E-state index is -1.30. The van der Waals surface area contributed by atoms with E-state index in [2.05, 4.69) is 0 Å². The molecule has 18 heavy (non-hydrogen) atoms. The molecule has 1 N–H and O–H groups in total. The first-order valence-electron chi connectivity index (χ1n) is 5.36. The van der Waals surface area contributed by atoms with E-state index in [4.69, 9.17) is 9.84 Å². The van der Waals surface area contributed by atoms with Crippen LogP contribution < -0.4 is 4.74 Å². The summed E-state index contributed by atoms with van der Waals surface area (Å²) in [5.41, 5.74) is 0.285. The second-order valence-electron chi connectivity index (χ2n) is 3.83. The maximum absolute atomic E-state index is 11.9. The molecule has 0 amide bonds. The summed E-state index contributed by atoms with van der Waals surface area (Å²) in [6.45, 7) is 1.16. The average Bonchev–Trinajstić information content (AvgIpc) is 2.34. The Labute approximate surface area is 104 Å². The van der Waals surface area contributed by atoms with Crippen molar-refractivity contribution in [2.24, 2.45) is 5.92 Å². The maximum atomic E-state index is 11.9. The lowest BCUT2D eigenvalue weighted by Crippen LogP contribution is -2.24. The van der Waals surface area contributed by atoms with Gasteiger partial charge in [0.1, 0.15) is 17.5 Å². The van der Waals surface area contributed by atoms with Crippen molar-refractivity contribution < 1.29 is 24.2 Å². The van der Waals surface area contributed by atoms with Gasteiger partial charge in [-0.25, -0.2) is 0 Å². The van der Waals surface area contributed by atoms with Gasteiger partial charge in [-0.05, 0) is 19.1 Å². The standard InChI is InChI=1S/C13H14O5/c1-8(14)10(13(16)17)7-11(15)9-5-3-4-6-12(9)18-2/h3-6,10H,7H2,1-2H3,(H,16,17). The van der Waals surface area contributed by atoms with Gasteiger partial charge in [-0.15, -0.1) is 0 Å². The summed E-state index contributed by atoms with van der Waals surface area (Å²) in [4.78, 5) is 33.9. The zero-order chi connectivity index (χ0) is 13.7. The lowest BCUT2D eigenvalue weighted by Gasteiger charge is -2.10. The number of hydrogen-bond acceptors (Lipinski definition) is 4. The molecule has 0 spiro atoms. The summed E-state index contributed by atoms with van der Waals surface area (Å²) in [6.07, 6.45) is -0.356. The summed E-state index contributed by atoms with van der Waals surface area (Å²) in [7, 11) is 1.42. The number of carbonyl (C=O) groups is 3. The Morgan fingerprint density at radius 1 is 1.28 bits per heavy atom. The van der Waals surface area contributed by atoms with E-state index in [1.54, 1.807) is 24.3 Å². The molecule has 0 saturated heterocycles. The molecule has 0 aliphatic rings. The number of carboxylic acid groups (broad SMARTS) is 1. The number of ether oxygens (including phenoxy) is 1. The van der Waals surface area contributed by atoms with E-state index < -0.39 is 23.5 Å².